The summed E-state index contributed by atoms with van der Waals surface area (Å²) in [6.45, 7) is 5.99. The van der Waals surface area contributed by atoms with Gasteiger partial charge in [-0.25, -0.2) is 4.39 Å². The zero-order chi connectivity index (χ0) is 13.1. The number of anilines is 1. The van der Waals surface area contributed by atoms with Gasteiger partial charge in [0, 0.05) is 13.2 Å². The van der Waals surface area contributed by atoms with Crippen LogP contribution in [0.4, 0.5) is 10.1 Å². The average molecular weight is 260 g/mol. The summed E-state index contributed by atoms with van der Waals surface area (Å²) in [7, 11) is 1.67. The number of halogens is 2. The molecular formula is C13H19ClFNO. The van der Waals surface area contributed by atoms with Crippen LogP contribution in [0.2, 0.25) is 5.02 Å². The van der Waals surface area contributed by atoms with Crippen LogP contribution in [0.15, 0.2) is 18.2 Å². The van der Waals surface area contributed by atoms with Gasteiger partial charge in [0.1, 0.15) is 0 Å². The molecule has 1 atom stereocenters. The van der Waals surface area contributed by atoms with Crippen LogP contribution in [0.3, 0.4) is 0 Å². The molecule has 1 aromatic carbocycles. The minimum absolute atomic E-state index is 0.0953. The van der Waals surface area contributed by atoms with E-state index in [2.05, 4.69) is 5.32 Å². The smallest absolute Gasteiger partial charge is 0.164 e. The van der Waals surface area contributed by atoms with Crippen LogP contribution in [0, 0.1) is 5.82 Å². The molecule has 0 aromatic heterocycles. The maximum atomic E-state index is 13.7. The van der Waals surface area contributed by atoms with Gasteiger partial charge in [0.25, 0.3) is 0 Å². The highest BCUT2D eigenvalue weighted by Crippen LogP contribution is 2.24. The van der Waals surface area contributed by atoms with Gasteiger partial charge < -0.3 is 10.1 Å². The number of hydrogen-bond donors (Lipinski definition) is 1. The summed E-state index contributed by atoms with van der Waals surface area (Å²) in [4.78, 5) is 0. The topological polar surface area (TPSA) is 21.3 Å². The van der Waals surface area contributed by atoms with Crippen LogP contribution >= 0.6 is 11.6 Å². The lowest BCUT2D eigenvalue weighted by atomic mass is 9.99. The van der Waals surface area contributed by atoms with E-state index in [0.29, 0.717) is 5.69 Å². The molecule has 1 N–H and O–H groups in total. The molecule has 0 spiro atoms. The van der Waals surface area contributed by atoms with Crippen molar-refractivity contribution in [1.82, 2.24) is 0 Å². The van der Waals surface area contributed by atoms with Crippen LogP contribution in [0.25, 0.3) is 0 Å². The summed E-state index contributed by atoms with van der Waals surface area (Å²) in [5, 5.41) is 3.23. The molecule has 0 amide bonds. The molecule has 1 aromatic rings. The quantitative estimate of drug-likeness (QED) is 0.860. The van der Waals surface area contributed by atoms with E-state index in [1.54, 1.807) is 19.2 Å². The number of benzene rings is 1. The van der Waals surface area contributed by atoms with Gasteiger partial charge in [0.15, 0.2) is 5.82 Å². The summed E-state index contributed by atoms with van der Waals surface area (Å²) in [5.74, 6) is -0.406. The Morgan fingerprint density at radius 2 is 2.12 bits per heavy atom. The number of methoxy groups -OCH3 is 1. The summed E-state index contributed by atoms with van der Waals surface area (Å²) in [6, 6.07) is 5.03. The molecule has 1 rings (SSSR count). The first kappa shape index (κ1) is 14.3. The molecule has 0 bridgehead atoms. The van der Waals surface area contributed by atoms with Crippen molar-refractivity contribution < 1.29 is 9.13 Å². The van der Waals surface area contributed by atoms with Crippen molar-refractivity contribution in [3.63, 3.8) is 0 Å². The van der Waals surface area contributed by atoms with Crippen molar-refractivity contribution in [3.05, 3.63) is 29.0 Å². The Hall–Kier alpha value is -0.800. The summed E-state index contributed by atoms with van der Waals surface area (Å²) in [6.07, 6.45) is 0.773. The molecule has 0 saturated carbocycles. The van der Waals surface area contributed by atoms with E-state index in [1.807, 2.05) is 20.8 Å². The molecule has 4 heteroatoms. The number of ether oxygens (including phenoxy) is 1. The molecule has 0 saturated heterocycles. The van der Waals surface area contributed by atoms with E-state index in [1.165, 1.54) is 6.07 Å². The SMILES string of the molecule is COC(C)(C)CC(C)Nc1cccc(Cl)c1F. The van der Waals surface area contributed by atoms with Gasteiger partial charge in [-0.15, -0.1) is 0 Å². The van der Waals surface area contributed by atoms with E-state index >= 15 is 0 Å². The van der Waals surface area contributed by atoms with Crippen molar-refractivity contribution in [1.29, 1.82) is 0 Å². The third kappa shape index (κ3) is 4.17. The highest BCUT2D eigenvalue weighted by molar-refractivity contribution is 6.31. The van der Waals surface area contributed by atoms with E-state index < -0.39 is 5.82 Å². The van der Waals surface area contributed by atoms with Crippen molar-refractivity contribution in [2.75, 3.05) is 12.4 Å². The van der Waals surface area contributed by atoms with Crippen molar-refractivity contribution in [2.24, 2.45) is 0 Å². The predicted octanol–water partition coefficient (Wildman–Crippen LogP) is 4.09. The van der Waals surface area contributed by atoms with Crippen LogP contribution in [-0.4, -0.2) is 18.8 Å². The van der Waals surface area contributed by atoms with Crippen molar-refractivity contribution in [2.45, 2.75) is 38.8 Å². The second kappa shape index (κ2) is 5.69. The fourth-order valence-corrected chi connectivity index (χ4v) is 1.93. The number of hydrogen-bond acceptors (Lipinski definition) is 2. The highest BCUT2D eigenvalue weighted by Gasteiger charge is 2.20. The zero-order valence-corrected chi connectivity index (χ0v) is 11.4. The first-order valence-electron chi connectivity index (χ1n) is 5.61. The largest absolute Gasteiger partial charge is 0.380 e. The van der Waals surface area contributed by atoms with E-state index in [4.69, 9.17) is 16.3 Å². The van der Waals surface area contributed by atoms with Crippen molar-refractivity contribution in [3.8, 4) is 0 Å². The van der Waals surface area contributed by atoms with E-state index in [0.717, 1.165) is 6.42 Å². The lowest BCUT2D eigenvalue weighted by Gasteiger charge is -2.27. The molecule has 17 heavy (non-hydrogen) atoms. The van der Waals surface area contributed by atoms with Gasteiger partial charge in [-0.2, -0.15) is 0 Å². The predicted molar refractivity (Wildman–Crippen MR) is 70.2 cm³/mol. The minimum atomic E-state index is -0.406. The van der Waals surface area contributed by atoms with Crippen LogP contribution in [0.1, 0.15) is 27.2 Å². The molecule has 0 aliphatic carbocycles. The first-order chi connectivity index (χ1) is 7.85. The fraction of sp³-hybridized carbons (Fsp3) is 0.538. The second-order valence-electron chi connectivity index (χ2n) is 4.81. The molecule has 0 aliphatic rings. The summed E-state index contributed by atoms with van der Waals surface area (Å²) in [5.41, 5.74) is 0.193. The Morgan fingerprint density at radius 3 is 2.71 bits per heavy atom. The lowest BCUT2D eigenvalue weighted by Crippen LogP contribution is -2.31. The first-order valence-corrected chi connectivity index (χ1v) is 5.99. The standard InChI is InChI=1S/C13H19ClFNO/c1-9(8-13(2,3)17-4)16-11-7-5-6-10(14)12(11)15/h5-7,9,16H,8H2,1-4H3. The molecule has 0 fully saturated rings. The summed E-state index contributed by atoms with van der Waals surface area (Å²) >= 11 is 5.72. The van der Waals surface area contributed by atoms with Crippen LogP contribution in [0.5, 0.6) is 0 Å². The van der Waals surface area contributed by atoms with Gasteiger partial charge in [0.2, 0.25) is 0 Å². The minimum Gasteiger partial charge on any atom is -0.380 e. The lowest BCUT2D eigenvalue weighted by molar-refractivity contribution is 0.0128. The Balaban J connectivity index is 2.68. The van der Waals surface area contributed by atoms with Gasteiger partial charge in [0.05, 0.1) is 16.3 Å². The van der Waals surface area contributed by atoms with Crippen LogP contribution < -0.4 is 5.32 Å². The maximum absolute atomic E-state index is 13.7. The Kier molecular flexibility index (Phi) is 4.78. The number of nitrogens with one attached hydrogen (secondary N) is 1. The second-order valence-corrected chi connectivity index (χ2v) is 5.22. The van der Waals surface area contributed by atoms with Gasteiger partial charge in [-0.05, 0) is 39.3 Å². The molecule has 2 nitrogen and oxygen atoms in total. The molecule has 0 radical (unpaired) electrons. The third-order valence-electron chi connectivity index (χ3n) is 2.70. The normalized spacial score (nSPS) is 13.5. The monoisotopic (exact) mass is 259 g/mol. The maximum Gasteiger partial charge on any atom is 0.164 e. The number of rotatable bonds is 5. The average Bonchev–Trinajstić information content (AvgIpc) is 2.24. The van der Waals surface area contributed by atoms with Gasteiger partial charge in [-0.1, -0.05) is 17.7 Å². The Morgan fingerprint density at radius 1 is 1.47 bits per heavy atom. The van der Waals surface area contributed by atoms with Crippen LogP contribution in [-0.2, 0) is 4.74 Å². The summed E-state index contributed by atoms with van der Waals surface area (Å²) < 4.78 is 19.0. The van der Waals surface area contributed by atoms with E-state index in [9.17, 15) is 4.39 Å². The van der Waals surface area contributed by atoms with Gasteiger partial charge in [-0.3, -0.25) is 0 Å². The van der Waals surface area contributed by atoms with E-state index in [-0.39, 0.29) is 16.7 Å². The van der Waals surface area contributed by atoms with Crippen molar-refractivity contribution >= 4 is 17.3 Å². The third-order valence-corrected chi connectivity index (χ3v) is 3.00. The molecule has 1 unspecified atom stereocenters. The van der Waals surface area contributed by atoms with Gasteiger partial charge >= 0.3 is 0 Å². The Labute approximate surface area is 107 Å². The zero-order valence-electron chi connectivity index (χ0n) is 10.7. The molecule has 96 valence electrons. The fourth-order valence-electron chi connectivity index (χ4n) is 1.75. The highest BCUT2D eigenvalue weighted by atomic mass is 35.5. The molecule has 0 aliphatic heterocycles. The molecular weight excluding hydrogens is 241 g/mol. The molecule has 0 heterocycles. The Bertz CT molecular complexity index is 382.